The molecule has 0 aliphatic carbocycles. The Morgan fingerprint density at radius 3 is 2.73 bits per heavy atom. The summed E-state index contributed by atoms with van der Waals surface area (Å²) in [6.45, 7) is 5.50. The summed E-state index contributed by atoms with van der Waals surface area (Å²) < 4.78 is 0.911. The number of hydrogen-bond acceptors (Lipinski definition) is 1. The van der Waals surface area contributed by atoms with E-state index in [1.165, 1.54) is 25.2 Å². The largest absolute Gasteiger partial charge is 0.254 e. The smallest absolute Gasteiger partial charge is 0.204 e. The van der Waals surface area contributed by atoms with Crippen LogP contribution in [0.1, 0.15) is 26.7 Å². The van der Waals surface area contributed by atoms with Gasteiger partial charge in [0.05, 0.1) is 19.8 Å². The predicted octanol–water partition coefficient (Wildman–Crippen LogP) is 2.14. The fraction of sp³-hybridized carbons (Fsp3) is 0.667. The molecule has 1 aliphatic heterocycles. The highest BCUT2D eigenvalue weighted by Crippen LogP contribution is 2.14. The molecule has 11 heavy (non-hydrogen) atoms. The van der Waals surface area contributed by atoms with E-state index in [9.17, 15) is 0 Å². The Morgan fingerprint density at radius 1 is 1.55 bits per heavy atom. The van der Waals surface area contributed by atoms with Crippen LogP contribution in [0.2, 0.25) is 0 Å². The van der Waals surface area contributed by atoms with Gasteiger partial charge in [-0.05, 0) is 6.42 Å². The van der Waals surface area contributed by atoms with Gasteiger partial charge in [0.2, 0.25) is 5.84 Å². The zero-order valence-electron chi connectivity index (χ0n) is 7.67. The second-order valence-electron chi connectivity index (χ2n) is 3.32. The van der Waals surface area contributed by atoms with E-state index in [0.717, 1.165) is 4.48 Å². The molecule has 62 valence electrons. The zero-order chi connectivity index (χ0) is 8.32. The van der Waals surface area contributed by atoms with E-state index in [2.05, 4.69) is 32.1 Å². The van der Waals surface area contributed by atoms with E-state index >= 15 is 0 Å². The van der Waals surface area contributed by atoms with Gasteiger partial charge in [0.1, 0.15) is 6.20 Å². The Hall–Kier alpha value is -0.630. The molecule has 0 spiro atoms. The molecule has 1 atom stereocenters. The summed E-state index contributed by atoms with van der Waals surface area (Å²) >= 11 is 0. The van der Waals surface area contributed by atoms with E-state index in [-0.39, 0.29) is 0 Å². The van der Waals surface area contributed by atoms with Crippen molar-refractivity contribution in [2.75, 3.05) is 13.6 Å². The first-order valence-electron chi connectivity index (χ1n) is 4.27. The van der Waals surface area contributed by atoms with Crippen LogP contribution in [0.5, 0.6) is 0 Å². The molecule has 2 nitrogen and oxygen atoms in total. The molecule has 0 aromatic carbocycles. The minimum Gasteiger partial charge on any atom is -0.254 e. The fourth-order valence-electron chi connectivity index (χ4n) is 1.25. The number of aliphatic imine (C=N–C) groups is 1. The van der Waals surface area contributed by atoms with Gasteiger partial charge in [-0.15, -0.1) is 0 Å². The van der Waals surface area contributed by atoms with Crippen LogP contribution >= 0.6 is 0 Å². The Labute approximate surface area is 68.8 Å². The highest BCUT2D eigenvalue weighted by atomic mass is 15.4. The lowest BCUT2D eigenvalue weighted by molar-refractivity contribution is -0.764. The van der Waals surface area contributed by atoms with Crippen LogP contribution in [0, 0.1) is 0 Å². The SMILES string of the molecule is CCCC[N+]1(C)C=CN=C1C. The first kappa shape index (κ1) is 8.47. The molecule has 1 unspecified atom stereocenters. The maximum Gasteiger partial charge on any atom is 0.204 e. The van der Waals surface area contributed by atoms with Crippen LogP contribution in [0.25, 0.3) is 0 Å². The number of nitrogens with zero attached hydrogens (tertiary/aromatic N) is 2. The molecule has 0 N–H and O–H groups in total. The number of hydrogen-bond donors (Lipinski definition) is 0. The Kier molecular flexibility index (Phi) is 2.45. The lowest BCUT2D eigenvalue weighted by Crippen LogP contribution is -2.41. The second-order valence-corrected chi connectivity index (χ2v) is 3.32. The molecule has 1 rings (SSSR count). The van der Waals surface area contributed by atoms with E-state index in [1.54, 1.807) is 0 Å². The van der Waals surface area contributed by atoms with Gasteiger partial charge < -0.3 is 0 Å². The molecule has 0 amide bonds. The van der Waals surface area contributed by atoms with Gasteiger partial charge in [-0.3, -0.25) is 4.48 Å². The standard InChI is InChI=1S/C9H17N2/c1-4-5-7-11(3)8-6-10-9(11)2/h6,8H,4-5,7H2,1-3H3/q+1. The molecule has 0 bridgehead atoms. The molecular formula is C9H17N2+. The van der Waals surface area contributed by atoms with Crippen molar-refractivity contribution in [1.82, 2.24) is 0 Å². The van der Waals surface area contributed by atoms with Crippen LogP contribution < -0.4 is 0 Å². The highest BCUT2D eigenvalue weighted by Gasteiger charge is 2.25. The van der Waals surface area contributed by atoms with Crippen LogP contribution in [0.15, 0.2) is 17.4 Å². The molecule has 0 aromatic heterocycles. The van der Waals surface area contributed by atoms with Gasteiger partial charge >= 0.3 is 0 Å². The molecule has 0 radical (unpaired) electrons. The van der Waals surface area contributed by atoms with Gasteiger partial charge in [-0.2, -0.15) is 0 Å². The van der Waals surface area contributed by atoms with Crippen molar-refractivity contribution in [2.45, 2.75) is 26.7 Å². The van der Waals surface area contributed by atoms with Crippen LogP contribution in [-0.4, -0.2) is 23.9 Å². The van der Waals surface area contributed by atoms with E-state index < -0.39 is 0 Å². The zero-order valence-corrected chi connectivity index (χ0v) is 7.67. The van der Waals surface area contributed by atoms with Gasteiger partial charge in [0.25, 0.3) is 0 Å². The topological polar surface area (TPSA) is 12.4 Å². The van der Waals surface area contributed by atoms with Crippen molar-refractivity contribution in [1.29, 1.82) is 0 Å². The third kappa shape index (κ3) is 1.69. The molecule has 0 fully saturated rings. The van der Waals surface area contributed by atoms with Crippen LogP contribution in [-0.2, 0) is 0 Å². The van der Waals surface area contributed by atoms with Gasteiger partial charge in [-0.25, -0.2) is 4.99 Å². The van der Waals surface area contributed by atoms with Gasteiger partial charge in [0, 0.05) is 6.92 Å². The Balaban J connectivity index is 2.53. The number of unbranched alkanes of at least 4 members (excludes halogenated alkanes) is 1. The average Bonchev–Trinajstić information content (AvgIpc) is 2.30. The summed E-state index contributed by atoms with van der Waals surface area (Å²) in [6.07, 6.45) is 6.60. The summed E-state index contributed by atoms with van der Waals surface area (Å²) in [5.74, 6) is 1.21. The predicted molar refractivity (Wildman–Crippen MR) is 48.2 cm³/mol. The lowest BCUT2D eigenvalue weighted by atomic mass is 10.3. The second kappa shape index (κ2) is 3.18. The average molecular weight is 153 g/mol. The molecule has 0 saturated carbocycles. The quantitative estimate of drug-likeness (QED) is 0.551. The molecule has 2 heteroatoms. The number of rotatable bonds is 3. The Bertz CT molecular complexity index is 194. The van der Waals surface area contributed by atoms with Crippen molar-refractivity contribution in [3.63, 3.8) is 0 Å². The summed E-state index contributed by atoms with van der Waals surface area (Å²) in [6, 6.07) is 0. The first-order chi connectivity index (χ1) is 5.19. The van der Waals surface area contributed by atoms with Crippen molar-refractivity contribution in [3.8, 4) is 0 Å². The van der Waals surface area contributed by atoms with E-state index in [1.807, 2.05) is 6.20 Å². The van der Waals surface area contributed by atoms with Crippen molar-refractivity contribution < 1.29 is 4.48 Å². The molecule has 1 aliphatic rings. The van der Waals surface area contributed by atoms with Crippen molar-refractivity contribution in [3.05, 3.63) is 12.4 Å². The molecule has 0 saturated heterocycles. The normalized spacial score (nSPS) is 29.2. The maximum atomic E-state index is 4.25. The van der Waals surface area contributed by atoms with Gasteiger partial charge in [-0.1, -0.05) is 13.3 Å². The molecule has 0 aromatic rings. The molecular weight excluding hydrogens is 136 g/mol. The third-order valence-corrected chi connectivity index (χ3v) is 2.37. The first-order valence-corrected chi connectivity index (χ1v) is 4.27. The van der Waals surface area contributed by atoms with Gasteiger partial charge in [0.15, 0.2) is 0 Å². The Morgan fingerprint density at radius 2 is 2.27 bits per heavy atom. The minimum absolute atomic E-state index is 0.911. The summed E-state index contributed by atoms with van der Waals surface area (Å²) in [5.41, 5.74) is 0. The van der Waals surface area contributed by atoms with Crippen LogP contribution in [0.4, 0.5) is 0 Å². The van der Waals surface area contributed by atoms with Crippen molar-refractivity contribution in [2.24, 2.45) is 4.99 Å². The van der Waals surface area contributed by atoms with Crippen LogP contribution in [0.3, 0.4) is 0 Å². The van der Waals surface area contributed by atoms with E-state index in [0.29, 0.717) is 0 Å². The van der Waals surface area contributed by atoms with E-state index in [4.69, 9.17) is 0 Å². The fourth-order valence-corrected chi connectivity index (χ4v) is 1.25. The third-order valence-electron chi connectivity index (χ3n) is 2.37. The number of amidine groups is 1. The summed E-state index contributed by atoms with van der Waals surface area (Å²) in [4.78, 5) is 4.25. The monoisotopic (exact) mass is 153 g/mol. The summed E-state index contributed by atoms with van der Waals surface area (Å²) in [7, 11) is 2.21. The van der Waals surface area contributed by atoms with Crippen molar-refractivity contribution >= 4 is 5.84 Å². The number of quaternary nitrogens is 1. The highest BCUT2D eigenvalue weighted by molar-refractivity contribution is 5.75. The molecule has 1 heterocycles. The lowest BCUT2D eigenvalue weighted by Gasteiger charge is -2.25. The maximum absolute atomic E-state index is 4.25. The minimum atomic E-state index is 0.911. The summed E-state index contributed by atoms with van der Waals surface area (Å²) in [5, 5.41) is 0.